The van der Waals surface area contributed by atoms with Gasteiger partial charge in [0.2, 0.25) is 0 Å². The lowest BCUT2D eigenvalue weighted by atomic mass is 9.90. The van der Waals surface area contributed by atoms with E-state index in [0.717, 1.165) is 38.8 Å². The largest absolute Gasteiger partial charge is 0.329 e. The zero-order valence-corrected chi connectivity index (χ0v) is 12.2. The molecule has 0 unspecified atom stereocenters. The molecule has 112 valence electrons. The zero-order chi connectivity index (χ0) is 14.0. The van der Waals surface area contributed by atoms with Gasteiger partial charge in [0.1, 0.15) is 5.54 Å². The SMILES string of the molecule is O=C1NC2(CCCCCC2)C(=O)N1C[NH+]1CCCCC1. The number of nitrogens with one attached hydrogen (secondary N) is 2. The van der Waals surface area contributed by atoms with E-state index in [4.69, 9.17) is 0 Å². The fraction of sp³-hybridized carbons (Fsp3) is 0.867. The molecule has 1 aliphatic carbocycles. The number of carbonyl (C=O) groups excluding carboxylic acids is 2. The molecule has 0 radical (unpaired) electrons. The van der Waals surface area contributed by atoms with Crippen LogP contribution in [0.5, 0.6) is 0 Å². The van der Waals surface area contributed by atoms with E-state index in [-0.39, 0.29) is 11.9 Å². The fourth-order valence-corrected chi connectivity index (χ4v) is 3.92. The Labute approximate surface area is 120 Å². The molecule has 3 aliphatic rings. The third-order valence-corrected chi connectivity index (χ3v) is 5.15. The average molecular weight is 280 g/mol. The lowest BCUT2D eigenvalue weighted by molar-refractivity contribution is -0.912. The molecule has 5 heteroatoms. The predicted octanol–water partition coefficient (Wildman–Crippen LogP) is 0.658. The zero-order valence-electron chi connectivity index (χ0n) is 12.2. The summed E-state index contributed by atoms with van der Waals surface area (Å²) in [6, 6.07) is -0.157. The number of nitrogens with zero attached hydrogens (tertiary/aromatic N) is 1. The predicted molar refractivity (Wildman–Crippen MR) is 75.2 cm³/mol. The number of piperidine rings is 1. The Balaban J connectivity index is 1.69. The summed E-state index contributed by atoms with van der Waals surface area (Å²) >= 11 is 0. The van der Waals surface area contributed by atoms with E-state index in [9.17, 15) is 9.59 Å². The molecule has 0 atom stereocenters. The van der Waals surface area contributed by atoms with E-state index in [1.54, 1.807) is 0 Å². The van der Waals surface area contributed by atoms with Gasteiger partial charge in [-0.05, 0) is 32.1 Å². The van der Waals surface area contributed by atoms with Crippen molar-refractivity contribution in [3.63, 3.8) is 0 Å². The molecule has 1 spiro atoms. The standard InChI is InChI=1S/C15H25N3O2/c19-13-15(8-4-1-2-5-9-15)16-14(20)18(13)12-17-10-6-3-7-11-17/h1-12H2,(H,16,20)/p+1. The van der Waals surface area contributed by atoms with E-state index in [2.05, 4.69) is 5.32 Å². The second kappa shape index (κ2) is 5.72. The van der Waals surface area contributed by atoms with Gasteiger partial charge < -0.3 is 10.2 Å². The molecule has 2 N–H and O–H groups in total. The van der Waals surface area contributed by atoms with Crippen molar-refractivity contribution in [1.29, 1.82) is 0 Å². The Morgan fingerprint density at radius 3 is 2.20 bits per heavy atom. The Hall–Kier alpha value is -1.10. The van der Waals surface area contributed by atoms with Gasteiger partial charge in [-0.3, -0.25) is 4.79 Å². The molecule has 2 saturated heterocycles. The highest BCUT2D eigenvalue weighted by atomic mass is 16.2. The highest BCUT2D eigenvalue weighted by molar-refractivity contribution is 6.06. The summed E-state index contributed by atoms with van der Waals surface area (Å²) in [5.74, 6) is 0.0440. The summed E-state index contributed by atoms with van der Waals surface area (Å²) in [4.78, 5) is 27.8. The summed E-state index contributed by atoms with van der Waals surface area (Å²) in [7, 11) is 0. The summed E-state index contributed by atoms with van der Waals surface area (Å²) in [5, 5.41) is 3.02. The Bertz CT molecular complexity index is 383. The minimum absolute atomic E-state index is 0.0440. The van der Waals surface area contributed by atoms with Crippen molar-refractivity contribution in [2.45, 2.75) is 63.3 Å². The Morgan fingerprint density at radius 1 is 0.950 bits per heavy atom. The fourth-order valence-electron chi connectivity index (χ4n) is 3.92. The van der Waals surface area contributed by atoms with Gasteiger partial charge in [0.15, 0.2) is 6.67 Å². The van der Waals surface area contributed by atoms with Crippen LogP contribution in [0.1, 0.15) is 57.8 Å². The van der Waals surface area contributed by atoms with Crippen LogP contribution in [0.2, 0.25) is 0 Å². The molecular weight excluding hydrogens is 254 g/mol. The van der Waals surface area contributed by atoms with Crippen LogP contribution in [-0.2, 0) is 4.79 Å². The number of hydrogen-bond donors (Lipinski definition) is 2. The first-order valence-corrected chi connectivity index (χ1v) is 8.19. The number of quaternary nitrogens is 1. The molecule has 0 aromatic heterocycles. The number of imide groups is 1. The van der Waals surface area contributed by atoms with Gasteiger partial charge in [0.25, 0.3) is 5.91 Å². The number of hydrogen-bond acceptors (Lipinski definition) is 2. The minimum Gasteiger partial charge on any atom is -0.323 e. The lowest BCUT2D eigenvalue weighted by Crippen LogP contribution is -3.14. The average Bonchev–Trinajstić information content (AvgIpc) is 2.65. The monoisotopic (exact) mass is 280 g/mol. The third-order valence-electron chi connectivity index (χ3n) is 5.15. The van der Waals surface area contributed by atoms with Crippen molar-refractivity contribution in [2.24, 2.45) is 0 Å². The molecule has 3 fully saturated rings. The molecule has 3 amide bonds. The number of urea groups is 1. The summed E-state index contributed by atoms with van der Waals surface area (Å²) < 4.78 is 0. The number of carbonyl (C=O) groups is 2. The van der Waals surface area contributed by atoms with Crippen LogP contribution in [0.25, 0.3) is 0 Å². The van der Waals surface area contributed by atoms with Gasteiger partial charge >= 0.3 is 6.03 Å². The molecule has 0 aromatic carbocycles. The van der Waals surface area contributed by atoms with Crippen LogP contribution < -0.4 is 10.2 Å². The number of likely N-dealkylation sites (tertiary alicyclic amines) is 1. The maximum atomic E-state index is 12.7. The first-order valence-electron chi connectivity index (χ1n) is 8.19. The summed E-state index contributed by atoms with van der Waals surface area (Å²) in [6.07, 6.45) is 9.83. The van der Waals surface area contributed by atoms with Crippen LogP contribution in [0, 0.1) is 0 Å². The van der Waals surface area contributed by atoms with E-state index in [0.29, 0.717) is 6.67 Å². The Kier molecular flexibility index (Phi) is 3.96. The quantitative estimate of drug-likeness (QED) is 0.730. The number of rotatable bonds is 2. The van der Waals surface area contributed by atoms with Gasteiger partial charge in [-0.15, -0.1) is 0 Å². The van der Waals surface area contributed by atoms with Crippen molar-refractivity contribution in [3.05, 3.63) is 0 Å². The second-order valence-corrected chi connectivity index (χ2v) is 6.63. The van der Waals surface area contributed by atoms with Crippen LogP contribution in [0.3, 0.4) is 0 Å². The Morgan fingerprint density at radius 2 is 1.55 bits per heavy atom. The van der Waals surface area contributed by atoms with Crippen LogP contribution >= 0.6 is 0 Å². The minimum atomic E-state index is -0.567. The highest BCUT2D eigenvalue weighted by Crippen LogP contribution is 2.32. The second-order valence-electron chi connectivity index (χ2n) is 6.63. The van der Waals surface area contributed by atoms with Crippen LogP contribution in [-0.4, -0.2) is 42.1 Å². The number of amides is 3. The topological polar surface area (TPSA) is 53.9 Å². The first-order chi connectivity index (χ1) is 9.71. The highest BCUT2D eigenvalue weighted by Gasteiger charge is 2.51. The molecule has 20 heavy (non-hydrogen) atoms. The molecule has 0 bridgehead atoms. The van der Waals surface area contributed by atoms with E-state index in [1.807, 2.05) is 0 Å². The van der Waals surface area contributed by atoms with Crippen LogP contribution in [0.15, 0.2) is 0 Å². The maximum Gasteiger partial charge on any atom is 0.329 e. The lowest BCUT2D eigenvalue weighted by Gasteiger charge is -2.28. The molecular formula is C15H26N3O2+. The maximum absolute atomic E-state index is 12.7. The van der Waals surface area contributed by atoms with E-state index >= 15 is 0 Å². The summed E-state index contributed by atoms with van der Waals surface area (Å²) in [6.45, 7) is 2.74. The van der Waals surface area contributed by atoms with Gasteiger partial charge in [0.05, 0.1) is 13.1 Å². The molecule has 1 saturated carbocycles. The third kappa shape index (κ3) is 2.55. The van der Waals surface area contributed by atoms with Gasteiger partial charge in [-0.2, -0.15) is 0 Å². The van der Waals surface area contributed by atoms with Gasteiger partial charge in [-0.25, -0.2) is 9.69 Å². The van der Waals surface area contributed by atoms with Crippen molar-refractivity contribution in [3.8, 4) is 0 Å². The normalized spacial score (nSPS) is 27.7. The van der Waals surface area contributed by atoms with Crippen LogP contribution in [0.4, 0.5) is 4.79 Å². The van der Waals surface area contributed by atoms with Gasteiger partial charge in [0, 0.05) is 0 Å². The van der Waals surface area contributed by atoms with Crippen molar-refractivity contribution < 1.29 is 14.5 Å². The van der Waals surface area contributed by atoms with Crippen molar-refractivity contribution in [2.75, 3.05) is 19.8 Å². The van der Waals surface area contributed by atoms with Gasteiger partial charge in [-0.1, -0.05) is 25.7 Å². The molecule has 2 heterocycles. The first kappa shape index (κ1) is 13.9. The smallest absolute Gasteiger partial charge is 0.323 e. The molecule has 2 aliphatic heterocycles. The van der Waals surface area contributed by atoms with Crippen molar-refractivity contribution in [1.82, 2.24) is 10.2 Å². The van der Waals surface area contributed by atoms with E-state index in [1.165, 1.54) is 41.9 Å². The molecule has 0 aromatic rings. The van der Waals surface area contributed by atoms with E-state index < -0.39 is 5.54 Å². The molecule has 5 nitrogen and oxygen atoms in total. The summed E-state index contributed by atoms with van der Waals surface area (Å²) in [5.41, 5.74) is -0.567. The van der Waals surface area contributed by atoms with Crippen molar-refractivity contribution >= 4 is 11.9 Å². The molecule has 3 rings (SSSR count).